The predicted molar refractivity (Wildman–Crippen MR) is 75.7 cm³/mol. The maximum absolute atomic E-state index is 11.9. The average molecular weight is 287 g/mol. The molecule has 0 aliphatic rings. The quantitative estimate of drug-likeness (QED) is 0.283. The van der Waals surface area contributed by atoms with Gasteiger partial charge < -0.3 is 5.32 Å². The molecule has 1 aromatic rings. The molecule has 1 aromatic carbocycles. The van der Waals surface area contributed by atoms with Crippen molar-refractivity contribution in [1.29, 1.82) is 5.41 Å². The van der Waals surface area contributed by atoms with Gasteiger partial charge >= 0.3 is 0 Å². The highest BCUT2D eigenvalue weighted by Crippen LogP contribution is 2.09. The number of thiol groups is 1. The second-order valence-corrected chi connectivity index (χ2v) is 5.93. The molecule has 0 spiro atoms. The molecule has 100 valence electrons. The topological polar surface area (TPSA) is 82.1 Å². The summed E-state index contributed by atoms with van der Waals surface area (Å²) in [5.74, 6) is 0.461. The second-order valence-electron chi connectivity index (χ2n) is 3.80. The summed E-state index contributed by atoms with van der Waals surface area (Å²) in [5, 5.41) is 10.2. The lowest BCUT2D eigenvalue weighted by Gasteiger charge is -2.10. The van der Waals surface area contributed by atoms with Gasteiger partial charge in [0.2, 0.25) is 5.96 Å². The van der Waals surface area contributed by atoms with Crippen LogP contribution in [0.5, 0.6) is 0 Å². The molecule has 7 heteroatoms. The van der Waals surface area contributed by atoms with Crippen LogP contribution in [0.25, 0.3) is 0 Å². The largest absolute Gasteiger partial charge is 0.356 e. The summed E-state index contributed by atoms with van der Waals surface area (Å²) in [5.41, 5.74) is 0.982. The molecule has 1 rings (SSSR count). The summed E-state index contributed by atoms with van der Waals surface area (Å²) in [4.78, 5) is 0.147. The van der Waals surface area contributed by atoms with Crippen molar-refractivity contribution in [1.82, 2.24) is 10.0 Å². The van der Waals surface area contributed by atoms with Gasteiger partial charge in [0.25, 0.3) is 10.0 Å². The Bertz CT molecular complexity index is 498. The van der Waals surface area contributed by atoms with Gasteiger partial charge in [0, 0.05) is 6.54 Å². The molecule has 0 amide bonds. The average Bonchev–Trinajstić information content (AvgIpc) is 2.29. The fourth-order valence-electron chi connectivity index (χ4n) is 1.24. The molecule has 3 N–H and O–H groups in total. The Morgan fingerprint density at radius 3 is 2.50 bits per heavy atom. The van der Waals surface area contributed by atoms with Crippen LogP contribution >= 0.6 is 12.6 Å². The fourth-order valence-corrected chi connectivity index (χ4v) is 2.35. The predicted octanol–water partition coefficient (Wildman–Crippen LogP) is 1.12. The van der Waals surface area contributed by atoms with E-state index in [9.17, 15) is 8.42 Å². The van der Waals surface area contributed by atoms with Gasteiger partial charge in [-0.3, -0.25) is 5.41 Å². The molecule has 0 aromatic heterocycles. The van der Waals surface area contributed by atoms with Gasteiger partial charge in [-0.25, -0.2) is 13.1 Å². The third kappa shape index (κ3) is 4.58. The second kappa shape index (κ2) is 6.65. The van der Waals surface area contributed by atoms with Gasteiger partial charge in [0.05, 0.1) is 4.90 Å². The summed E-state index contributed by atoms with van der Waals surface area (Å²) >= 11 is 4.03. The van der Waals surface area contributed by atoms with Crippen molar-refractivity contribution >= 4 is 28.6 Å². The van der Waals surface area contributed by atoms with Crippen LogP contribution in [0.1, 0.15) is 12.0 Å². The molecule has 18 heavy (non-hydrogen) atoms. The van der Waals surface area contributed by atoms with Gasteiger partial charge in [0.15, 0.2) is 0 Å². The number of hydrogen-bond donors (Lipinski definition) is 4. The zero-order valence-corrected chi connectivity index (χ0v) is 11.8. The minimum Gasteiger partial charge on any atom is -0.356 e. The van der Waals surface area contributed by atoms with E-state index in [4.69, 9.17) is 5.41 Å². The summed E-state index contributed by atoms with van der Waals surface area (Å²) in [6.45, 7) is 2.39. The van der Waals surface area contributed by atoms with E-state index in [2.05, 4.69) is 22.7 Å². The molecule has 0 bridgehead atoms. The first-order chi connectivity index (χ1) is 8.45. The number of hydrogen-bond acceptors (Lipinski definition) is 4. The minimum atomic E-state index is -3.67. The molecule has 0 heterocycles. The molecule has 0 aliphatic heterocycles. The van der Waals surface area contributed by atoms with E-state index >= 15 is 0 Å². The first-order valence-corrected chi connectivity index (χ1v) is 7.60. The third-order valence-electron chi connectivity index (χ3n) is 2.20. The van der Waals surface area contributed by atoms with Crippen LogP contribution in [0.3, 0.4) is 0 Å². The highest BCUT2D eigenvalue weighted by atomic mass is 32.2. The first kappa shape index (κ1) is 14.8. The van der Waals surface area contributed by atoms with Gasteiger partial charge in [-0.05, 0) is 31.2 Å². The lowest BCUT2D eigenvalue weighted by Crippen LogP contribution is -2.40. The number of guanidine groups is 1. The maximum Gasteiger partial charge on any atom is 0.264 e. The summed E-state index contributed by atoms with van der Waals surface area (Å²) in [6.07, 6.45) is 0.762. The number of aryl methyl sites for hydroxylation is 1. The lowest BCUT2D eigenvalue weighted by atomic mass is 10.2. The molecule has 0 fully saturated rings. The molecule has 0 unspecified atom stereocenters. The van der Waals surface area contributed by atoms with Gasteiger partial charge in [-0.2, -0.15) is 12.6 Å². The van der Waals surface area contributed by atoms with Crippen LogP contribution in [0, 0.1) is 12.3 Å². The van der Waals surface area contributed by atoms with Crippen molar-refractivity contribution in [2.24, 2.45) is 0 Å². The number of sulfonamides is 1. The van der Waals surface area contributed by atoms with Crippen molar-refractivity contribution in [2.75, 3.05) is 12.3 Å². The van der Waals surface area contributed by atoms with Crippen molar-refractivity contribution in [3.8, 4) is 0 Å². The fraction of sp³-hybridized carbons (Fsp3) is 0.364. The normalized spacial score (nSPS) is 11.0. The summed E-state index contributed by atoms with van der Waals surface area (Å²) < 4.78 is 25.9. The zero-order valence-electron chi connectivity index (χ0n) is 10.1. The first-order valence-electron chi connectivity index (χ1n) is 5.48. The molecule has 0 atom stereocenters. The number of rotatable bonds is 5. The Kier molecular flexibility index (Phi) is 5.49. The monoisotopic (exact) mass is 287 g/mol. The molecular formula is C11H17N3O2S2. The Balaban J connectivity index is 2.64. The Labute approximate surface area is 113 Å². The van der Waals surface area contributed by atoms with Crippen LogP contribution in [-0.4, -0.2) is 26.7 Å². The van der Waals surface area contributed by atoms with E-state index in [-0.39, 0.29) is 10.9 Å². The van der Waals surface area contributed by atoms with Crippen LogP contribution in [-0.2, 0) is 10.0 Å². The maximum atomic E-state index is 11.9. The van der Waals surface area contributed by atoms with Crippen LogP contribution < -0.4 is 10.0 Å². The smallest absolute Gasteiger partial charge is 0.264 e. The summed E-state index contributed by atoms with van der Waals surface area (Å²) in [6, 6.07) is 6.45. The van der Waals surface area contributed by atoms with Crippen LogP contribution in [0.2, 0.25) is 0 Å². The van der Waals surface area contributed by atoms with E-state index in [0.29, 0.717) is 12.3 Å². The molecule has 0 saturated heterocycles. The van der Waals surface area contributed by atoms with Gasteiger partial charge in [-0.15, -0.1) is 0 Å². The highest BCUT2D eigenvalue weighted by Gasteiger charge is 2.14. The number of benzene rings is 1. The molecule has 0 radical (unpaired) electrons. The van der Waals surface area contributed by atoms with Gasteiger partial charge in [0.1, 0.15) is 0 Å². The van der Waals surface area contributed by atoms with E-state index in [0.717, 1.165) is 12.0 Å². The van der Waals surface area contributed by atoms with E-state index in [1.807, 2.05) is 6.92 Å². The molecule has 0 aliphatic carbocycles. The summed E-state index contributed by atoms with van der Waals surface area (Å²) in [7, 11) is -3.67. The van der Waals surface area contributed by atoms with Crippen LogP contribution in [0.15, 0.2) is 29.2 Å². The van der Waals surface area contributed by atoms with Crippen LogP contribution in [0.4, 0.5) is 0 Å². The van der Waals surface area contributed by atoms with Crippen molar-refractivity contribution < 1.29 is 8.42 Å². The highest BCUT2D eigenvalue weighted by molar-refractivity contribution is 7.90. The van der Waals surface area contributed by atoms with Gasteiger partial charge in [-0.1, -0.05) is 17.7 Å². The molecular weight excluding hydrogens is 270 g/mol. The van der Waals surface area contributed by atoms with E-state index < -0.39 is 10.0 Å². The minimum absolute atomic E-state index is 0.147. The molecule has 5 nitrogen and oxygen atoms in total. The number of nitrogens with one attached hydrogen (secondary N) is 3. The van der Waals surface area contributed by atoms with E-state index in [1.54, 1.807) is 12.1 Å². The van der Waals surface area contributed by atoms with Crippen molar-refractivity contribution in [3.05, 3.63) is 29.8 Å². The third-order valence-corrected chi connectivity index (χ3v) is 3.89. The standard InChI is InChI=1S/C11H17N3O2S2/c1-9-3-5-10(6-4-9)18(15,16)14-11(12)13-7-2-8-17/h3-6,17H,2,7-8H2,1H3,(H3,12,13,14). The Morgan fingerprint density at radius 1 is 1.33 bits per heavy atom. The van der Waals surface area contributed by atoms with Crippen molar-refractivity contribution in [3.63, 3.8) is 0 Å². The Hall–Kier alpha value is -1.21. The van der Waals surface area contributed by atoms with Crippen molar-refractivity contribution in [2.45, 2.75) is 18.2 Å². The lowest BCUT2D eigenvalue weighted by molar-refractivity contribution is 0.591. The Morgan fingerprint density at radius 2 is 1.94 bits per heavy atom. The molecule has 0 saturated carbocycles. The SMILES string of the molecule is Cc1ccc(S(=O)(=O)NC(=N)NCCCS)cc1. The zero-order chi connectivity index (χ0) is 13.6. The van der Waals surface area contributed by atoms with E-state index in [1.165, 1.54) is 12.1 Å².